The Morgan fingerprint density at radius 1 is 1.00 bits per heavy atom. The zero-order valence-corrected chi connectivity index (χ0v) is 7.76. The van der Waals surface area contributed by atoms with Gasteiger partial charge >= 0.3 is 0 Å². The van der Waals surface area contributed by atoms with Crippen LogP contribution >= 0.6 is 0 Å². The minimum Gasteiger partial charge on any atom is -0.219 e. The quantitative estimate of drug-likeness (QED) is 0.630. The number of hydrogen-bond donors (Lipinski definition) is 0. The minimum atomic E-state index is 0.262. The van der Waals surface area contributed by atoms with E-state index in [1.807, 2.05) is 13.8 Å². The molecule has 0 spiro atoms. The van der Waals surface area contributed by atoms with E-state index in [1.54, 1.807) is 0 Å². The van der Waals surface area contributed by atoms with E-state index in [4.69, 9.17) is 0 Å². The lowest BCUT2D eigenvalue weighted by Gasteiger charge is -2.06. The van der Waals surface area contributed by atoms with Gasteiger partial charge in [0.2, 0.25) is 0 Å². The molecule has 1 fully saturated rings. The summed E-state index contributed by atoms with van der Waals surface area (Å²) in [6.07, 6.45) is 2.44. The predicted molar refractivity (Wildman–Crippen MR) is 45.9 cm³/mol. The average Bonchev–Trinajstić information content (AvgIpc) is 2.67. The summed E-state index contributed by atoms with van der Waals surface area (Å²) < 4.78 is 0. The smallest absolute Gasteiger partial charge is 0.138 e. The molecule has 1 aliphatic rings. The molecule has 0 radical (unpaired) electrons. The Bertz CT molecular complexity index is 295. The number of aromatic nitrogens is 3. The highest BCUT2D eigenvalue weighted by Gasteiger charge is 2.42. The van der Waals surface area contributed by atoms with Crippen molar-refractivity contribution in [2.45, 2.75) is 39.0 Å². The molecule has 64 valence electrons. The number of rotatable bonds is 1. The SMILES string of the molecule is Cc1nc(C)nc(C2(C)CC2)n1. The molecule has 0 N–H and O–H groups in total. The van der Waals surface area contributed by atoms with Crippen molar-refractivity contribution in [1.82, 2.24) is 15.0 Å². The maximum absolute atomic E-state index is 4.35. The minimum absolute atomic E-state index is 0.262. The van der Waals surface area contributed by atoms with Crippen molar-refractivity contribution in [3.63, 3.8) is 0 Å². The lowest BCUT2D eigenvalue weighted by molar-refractivity contribution is 0.679. The molecule has 0 aromatic carbocycles. The third-order valence-electron chi connectivity index (χ3n) is 2.40. The normalized spacial score (nSPS) is 19.2. The summed E-state index contributed by atoms with van der Waals surface area (Å²) in [6.45, 7) is 6.05. The van der Waals surface area contributed by atoms with Crippen LogP contribution in [0.15, 0.2) is 0 Å². The van der Waals surface area contributed by atoms with Crippen molar-refractivity contribution in [1.29, 1.82) is 0 Å². The maximum atomic E-state index is 4.35. The summed E-state index contributed by atoms with van der Waals surface area (Å²) in [6, 6.07) is 0. The van der Waals surface area contributed by atoms with Crippen molar-refractivity contribution in [2.24, 2.45) is 0 Å². The van der Waals surface area contributed by atoms with Gasteiger partial charge in [-0.3, -0.25) is 0 Å². The zero-order chi connectivity index (χ0) is 8.77. The fourth-order valence-electron chi connectivity index (χ4n) is 1.30. The lowest BCUT2D eigenvalue weighted by Crippen LogP contribution is -2.10. The standard InChI is InChI=1S/C9H13N3/c1-6-10-7(2)12-8(11-6)9(3)4-5-9/h4-5H2,1-3H3. The Morgan fingerprint density at radius 2 is 1.50 bits per heavy atom. The lowest BCUT2D eigenvalue weighted by atomic mass is 10.1. The van der Waals surface area contributed by atoms with Crippen LogP contribution in [-0.4, -0.2) is 15.0 Å². The molecule has 0 unspecified atom stereocenters. The molecule has 1 saturated carbocycles. The van der Waals surface area contributed by atoms with Crippen molar-refractivity contribution in [3.8, 4) is 0 Å². The molecular formula is C9H13N3. The predicted octanol–water partition coefficient (Wildman–Crippen LogP) is 1.54. The highest BCUT2D eigenvalue weighted by atomic mass is 15.0. The monoisotopic (exact) mass is 163 g/mol. The third kappa shape index (κ3) is 1.19. The van der Waals surface area contributed by atoms with Gasteiger partial charge in [0.05, 0.1) is 0 Å². The largest absolute Gasteiger partial charge is 0.219 e. The Hall–Kier alpha value is -0.990. The van der Waals surface area contributed by atoms with Crippen LogP contribution in [0.4, 0.5) is 0 Å². The van der Waals surface area contributed by atoms with Gasteiger partial charge < -0.3 is 0 Å². The molecule has 0 aliphatic heterocycles. The summed E-state index contributed by atoms with van der Waals surface area (Å²) in [4.78, 5) is 12.8. The molecular weight excluding hydrogens is 150 g/mol. The van der Waals surface area contributed by atoms with Crippen LogP contribution in [0.1, 0.15) is 37.2 Å². The van der Waals surface area contributed by atoms with E-state index < -0.39 is 0 Å². The Morgan fingerprint density at radius 3 is 1.92 bits per heavy atom. The van der Waals surface area contributed by atoms with Gasteiger partial charge in [0.1, 0.15) is 17.5 Å². The van der Waals surface area contributed by atoms with Gasteiger partial charge in [0.15, 0.2) is 0 Å². The van der Waals surface area contributed by atoms with Crippen molar-refractivity contribution in [2.75, 3.05) is 0 Å². The van der Waals surface area contributed by atoms with Crippen molar-refractivity contribution in [3.05, 3.63) is 17.5 Å². The second kappa shape index (κ2) is 2.25. The van der Waals surface area contributed by atoms with Gasteiger partial charge in [0.25, 0.3) is 0 Å². The molecule has 1 aliphatic carbocycles. The summed E-state index contributed by atoms with van der Waals surface area (Å²) in [5, 5.41) is 0. The van der Waals surface area contributed by atoms with Crippen LogP contribution in [0, 0.1) is 13.8 Å². The second-order valence-electron chi connectivity index (χ2n) is 3.81. The summed E-state index contributed by atoms with van der Waals surface area (Å²) in [5.74, 6) is 2.66. The Balaban J connectivity index is 2.44. The first-order valence-electron chi connectivity index (χ1n) is 4.30. The molecule has 1 aromatic rings. The van der Waals surface area contributed by atoms with E-state index in [2.05, 4.69) is 21.9 Å². The van der Waals surface area contributed by atoms with E-state index in [9.17, 15) is 0 Å². The van der Waals surface area contributed by atoms with E-state index in [-0.39, 0.29) is 5.41 Å². The average molecular weight is 163 g/mol. The zero-order valence-electron chi connectivity index (χ0n) is 7.76. The fourth-order valence-corrected chi connectivity index (χ4v) is 1.30. The van der Waals surface area contributed by atoms with Crippen LogP contribution in [0.3, 0.4) is 0 Å². The topological polar surface area (TPSA) is 38.7 Å². The molecule has 0 atom stereocenters. The molecule has 12 heavy (non-hydrogen) atoms. The fraction of sp³-hybridized carbons (Fsp3) is 0.667. The maximum Gasteiger partial charge on any atom is 0.138 e. The van der Waals surface area contributed by atoms with Gasteiger partial charge in [-0.1, -0.05) is 6.92 Å². The highest BCUT2D eigenvalue weighted by Crippen LogP contribution is 2.45. The summed E-state index contributed by atoms with van der Waals surface area (Å²) in [5.41, 5.74) is 0.262. The Kier molecular flexibility index (Phi) is 1.43. The summed E-state index contributed by atoms with van der Waals surface area (Å²) in [7, 11) is 0. The van der Waals surface area contributed by atoms with Crippen LogP contribution in [0.25, 0.3) is 0 Å². The molecule has 3 nitrogen and oxygen atoms in total. The first-order chi connectivity index (χ1) is 5.60. The van der Waals surface area contributed by atoms with E-state index in [0.29, 0.717) is 0 Å². The highest BCUT2D eigenvalue weighted by molar-refractivity contribution is 5.16. The van der Waals surface area contributed by atoms with Crippen LogP contribution in [-0.2, 0) is 5.41 Å². The van der Waals surface area contributed by atoms with E-state index in [1.165, 1.54) is 12.8 Å². The van der Waals surface area contributed by atoms with Crippen LogP contribution in [0.5, 0.6) is 0 Å². The van der Waals surface area contributed by atoms with Gasteiger partial charge in [-0.05, 0) is 26.7 Å². The van der Waals surface area contributed by atoms with Crippen LogP contribution in [0.2, 0.25) is 0 Å². The van der Waals surface area contributed by atoms with Gasteiger partial charge in [0, 0.05) is 5.41 Å². The van der Waals surface area contributed by atoms with Gasteiger partial charge in [-0.2, -0.15) is 0 Å². The first kappa shape index (κ1) is 7.65. The number of nitrogens with zero attached hydrogens (tertiary/aromatic N) is 3. The van der Waals surface area contributed by atoms with Crippen molar-refractivity contribution < 1.29 is 0 Å². The van der Waals surface area contributed by atoms with E-state index in [0.717, 1.165) is 17.5 Å². The molecule has 1 heterocycles. The van der Waals surface area contributed by atoms with Gasteiger partial charge in [-0.15, -0.1) is 0 Å². The molecule has 0 amide bonds. The molecule has 0 saturated heterocycles. The second-order valence-corrected chi connectivity index (χ2v) is 3.81. The van der Waals surface area contributed by atoms with Crippen molar-refractivity contribution >= 4 is 0 Å². The summed E-state index contributed by atoms with van der Waals surface area (Å²) >= 11 is 0. The Labute approximate surface area is 72.3 Å². The number of hydrogen-bond acceptors (Lipinski definition) is 3. The van der Waals surface area contributed by atoms with E-state index >= 15 is 0 Å². The first-order valence-corrected chi connectivity index (χ1v) is 4.30. The molecule has 2 rings (SSSR count). The molecule has 3 heteroatoms. The third-order valence-corrected chi connectivity index (χ3v) is 2.40. The molecule has 1 aromatic heterocycles. The van der Waals surface area contributed by atoms with Gasteiger partial charge in [-0.25, -0.2) is 15.0 Å². The molecule has 0 bridgehead atoms. The van der Waals surface area contributed by atoms with Crippen LogP contribution < -0.4 is 0 Å². The number of aryl methyl sites for hydroxylation is 2.